The number of nitrogens with one attached hydrogen (secondary N) is 1. The average Bonchev–Trinajstić information content (AvgIpc) is 3.35. The van der Waals surface area contributed by atoms with Crippen LogP contribution in [0.15, 0.2) is 35.5 Å². The SMILES string of the molecule is CCC[C@H](NC(=O)[C@H](C)Sc1nnnn1C[C@H]1CCCO1)c1ccccc1. The molecule has 3 atom stereocenters. The van der Waals surface area contributed by atoms with Crippen molar-refractivity contribution >= 4 is 17.7 Å². The fraction of sp³-hybridized carbons (Fsp3) is 0.579. The lowest BCUT2D eigenvalue weighted by Crippen LogP contribution is -2.34. The van der Waals surface area contributed by atoms with Gasteiger partial charge >= 0.3 is 0 Å². The van der Waals surface area contributed by atoms with Crippen molar-refractivity contribution in [2.75, 3.05) is 6.61 Å². The Morgan fingerprint density at radius 1 is 1.41 bits per heavy atom. The molecule has 0 unspecified atom stereocenters. The molecule has 1 aromatic carbocycles. The number of aromatic nitrogens is 4. The Morgan fingerprint density at radius 2 is 2.22 bits per heavy atom. The largest absolute Gasteiger partial charge is 0.376 e. The smallest absolute Gasteiger partial charge is 0.233 e. The Balaban J connectivity index is 1.59. The molecule has 1 saturated heterocycles. The van der Waals surface area contributed by atoms with Crippen LogP contribution in [-0.4, -0.2) is 44.1 Å². The zero-order valence-corrected chi connectivity index (χ0v) is 16.7. The molecular weight excluding hydrogens is 362 g/mol. The van der Waals surface area contributed by atoms with Gasteiger partial charge in [0.15, 0.2) is 0 Å². The molecule has 1 amide bonds. The summed E-state index contributed by atoms with van der Waals surface area (Å²) in [5.41, 5.74) is 1.13. The molecular formula is C19H27N5O2S. The lowest BCUT2D eigenvalue weighted by atomic mass is 10.0. The van der Waals surface area contributed by atoms with Gasteiger partial charge in [-0.05, 0) is 42.2 Å². The highest BCUT2D eigenvalue weighted by molar-refractivity contribution is 8.00. The minimum Gasteiger partial charge on any atom is -0.376 e. The zero-order chi connectivity index (χ0) is 19.1. The van der Waals surface area contributed by atoms with Gasteiger partial charge < -0.3 is 10.1 Å². The summed E-state index contributed by atoms with van der Waals surface area (Å²) in [4.78, 5) is 12.7. The number of amides is 1. The Morgan fingerprint density at radius 3 is 2.93 bits per heavy atom. The molecule has 0 bridgehead atoms. The van der Waals surface area contributed by atoms with Crippen LogP contribution in [0.4, 0.5) is 0 Å². The normalized spacial score (nSPS) is 19.0. The summed E-state index contributed by atoms with van der Waals surface area (Å²) in [7, 11) is 0. The van der Waals surface area contributed by atoms with E-state index in [2.05, 4.69) is 39.9 Å². The van der Waals surface area contributed by atoms with Gasteiger partial charge in [0.1, 0.15) is 0 Å². The van der Waals surface area contributed by atoms with Crippen molar-refractivity contribution in [1.29, 1.82) is 0 Å². The minimum absolute atomic E-state index is 0.00558. The minimum atomic E-state index is -0.290. The van der Waals surface area contributed by atoms with Gasteiger partial charge in [-0.3, -0.25) is 4.79 Å². The predicted octanol–water partition coefficient (Wildman–Crippen LogP) is 2.99. The van der Waals surface area contributed by atoms with E-state index < -0.39 is 0 Å². The van der Waals surface area contributed by atoms with Gasteiger partial charge in [-0.25, -0.2) is 4.68 Å². The highest BCUT2D eigenvalue weighted by atomic mass is 32.2. The monoisotopic (exact) mass is 389 g/mol. The molecule has 146 valence electrons. The van der Waals surface area contributed by atoms with Crippen molar-refractivity contribution in [3.8, 4) is 0 Å². The molecule has 1 fully saturated rings. The zero-order valence-electron chi connectivity index (χ0n) is 15.9. The molecule has 8 heteroatoms. The molecule has 1 aliphatic heterocycles. The van der Waals surface area contributed by atoms with Gasteiger partial charge in [0.05, 0.1) is 23.9 Å². The van der Waals surface area contributed by atoms with Crippen LogP contribution in [0.25, 0.3) is 0 Å². The van der Waals surface area contributed by atoms with Crippen LogP contribution in [0.5, 0.6) is 0 Å². The third-order valence-corrected chi connectivity index (χ3v) is 5.72. The maximum absolute atomic E-state index is 12.7. The van der Waals surface area contributed by atoms with Crippen LogP contribution in [0, 0.1) is 0 Å². The average molecular weight is 390 g/mol. The van der Waals surface area contributed by atoms with Gasteiger partial charge in [0.25, 0.3) is 0 Å². The Labute approximate surface area is 164 Å². The summed E-state index contributed by atoms with van der Waals surface area (Å²) in [6.45, 7) is 5.44. The van der Waals surface area contributed by atoms with Crippen LogP contribution in [-0.2, 0) is 16.1 Å². The molecule has 0 spiro atoms. The number of ether oxygens (including phenoxy) is 1. The number of benzene rings is 1. The van der Waals surface area contributed by atoms with Crippen LogP contribution in [0.2, 0.25) is 0 Å². The number of tetrazole rings is 1. The van der Waals surface area contributed by atoms with Crippen molar-refractivity contribution in [2.24, 2.45) is 0 Å². The molecule has 1 aromatic heterocycles. The summed E-state index contributed by atoms with van der Waals surface area (Å²) in [6.07, 6.45) is 4.16. The number of hydrogen-bond acceptors (Lipinski definition) is 6. The lowest BCUT2D eigenvalue weighted by molar-refractivity contribution is -0.121. The van der Waals surface area contributed by atoms with E-state index in [1.54, 1.807) is 4.68 Å². The topological polar surface area (TPSA) is 81.9 Å². The van der Waals surface area contributed by atoms with Crippen LogP contribution >= 0.6 is 11.8 Å². The van der Waals surface area contributed by atoms with Crippen molar-refractivity contribution < 1.29 is 9.53 Å². The first-order chi connectivity index (χ1) is 13.2. The number of thioether (sulfide) groups is 1. The molecule has 2 aromatic rings. The quantitative estimate of drug-likeness (QED) is 0.664. The fourth-order valence-corrected chi connectivity index (χ4v) is 3.98. The second kappa shape index (κ2) is 9.85. The van der Waals surface area contributed by atoms with Gasteiger partial charge in [-0.15, -0.1) is 5.10 Å². The first-order valence-electron chi connectivity index (χ1n) is 9.57. The number of hydrogen-bond donors (Lipinski definition) is 1. The van der Waals surface area contributed by atoms with Gasteiger partial charge in [0, 0.05) is 6.61 Å². The van der Waals surface area contributed by atoms with Crippen molar-refractivity contribution in [3.05, 3.63) is 35.9 Å². The molecule has 1 aliphatic rings. The third kappa shape index (κ3) is 5.52. The second-order valence-corrected chi connectivity index (χ2v) is 8.11. The molecule has 3 rings (SSSR count). The summed E-state index contributed by atoms with van der Waals surface area (Å²) >= 11 is 1.38. The molecule has 1 N–H and O–H groups in total. The molecule has 0 aliphatic carbocycles. The molecule has 0 radical (unpaired) electrons. The van der Waals surface area contributed by atoms with E-state index in [4.69, 9.17) is 4.74 Å². The van der Waals surface area contributed by atoms with E-state index in [0.717, 1.165) is 37.9 Å². The van der Waals surface area contributed by atoms with Crippen molar-refractivity contribution in [3.63, 3.8) is 0 Å². The fourth-order valence-electron chi connectivity index (χ4n) is 3.17. The molecule has 2 heterocycles. The summed E-state index contributed by atoms with van der Waals surface area (Å²) in [5.74, 6) is -0.00558. The molecule has 0 saturated carbocycles. The van der Waals surface area contributed by atoms with E-state index >= 15 is 0 Å². The Kier molecular flexibility index (Phi) is 7.23. The number of rotatable bonds is 9. The van der Waals surface area contributed by atoms with E-state index in [0.29, 0.717) is 11.7 Å². The van der Waals surface area contributed by atoms with E-state index in [-0.39, 0.29) is 23.3 Å². The first kappa shape index (κ1) is 19.8. The standard InChI is InChI=1S/C19H27N5O2S/c1-3-8-17(15-9-5-4-6-10-15)20-18(25)14(2)27-19-21-22-23-24(19)13-16-11-7-12-26-16/h4-6,9-10,14,16-17H,3,7-8,11-13H2,1-2H3,(H,20,25)/t14-,16+,17-/m0/s1. The molecule has 7 nitrogen and oxygen atoms in total. The summed E-state index contributed by atoms with van der Waals surface area (Å²) in [6, 6.07) is 10.1. The predicted molar refractivity (Wildman–Crippen MR) is 104 cm³/mol. The van der Waals surface area contributed by atoms with E-state index in [1.165, 1.54) is 11.8 Å². The molecule has 27 heavy (non-hydrogen) atoms. The van der Waals surface area contributed by atoms with E-state index in [9.17, 15) is 4.79 Å². The van der Waals surface area contributed by atoms with Gasteiger partial charge in [-0.2, -0.15) is 0 Å². The number of carbonyl (C=O) groups excluding carboxylic acids is 1. The van der Waals surface area contributed by atoms with Crippen LogP contribution in [0.1, 0.15) is 51.1 Å². The Hall–Kier alpha value is -1.93. The van der Waals surface area contributed by atoms with Gasteiger partial charge in [0.2, 0.25) is 11.1 Å². The first-order valence-corrected chi connectivity index (χ1v) is 10.4. The van der Waals surface area contributed by atoms with E-state index in [1.807, 2.05) is 25.1 Å². The highest BCUT2D eigenvalue weighted by Crippen LogP contribution is 2.24. The van der Waals surface area contributed by atoms with Crippen LogP contribution in [0.3, 0.4) is 0 Å². The van der Waals surface area contributed by atoms with Gasteiger partial charge in [-0.1, -0.05) is 55.4 Å². The van der Waals surface area contributed by atoms with Crippen molar-refractivity contribution in [2.45, 2.75) is 68.6 Å². The maximum Gasteiger partial charge on any atom is 0.233 e. The number of carbonyl (C=O) groups is 1. The number of nitrogens with zero attached hydrogens (tertiary/aromatic N) is 4. The summed E-state index contributed by atoms with van der Waals surface area (Å²) < 4.78 is 7.40. The summed E-state index contributed by atoms with van der Waals surface area (Å²) in [5, 5.41) is 15.4. The third-order valence-electron chi connectivity index (χ3n) is 4.65. The van der Waals surface area contributed by atoms with Crippen molar-refractivity contribution in [1.82, 2.24) is 25.5 Å². The van der Waals surface area contributed by atoms with Crippen LogP contribution < -0.4 is 5.32 Å². The highest BCUT2D eigenvalue weighted by Gasteiger charge is 2.24. The lowest BCUT2D eigenvalue weighted by Gasteiger charge is -2.21. The Bertz CT molecular complexity index is 718. The second-order valence-electron chi connectivity index (χ2n) is 6.80. The maximum atomic E-state index is 12.7.